The molecule has 0 amide bonds. The monoisotopic (exact) mass is 222 g/mol. The Balaban J connectivity index is 1.89. The number of rotatable bonds is 2. The second-order valence-electron chi connectivity index (χ2n) is 4.75. The number of hydrogen-bond acceptors (Lipinski definition) is 4. The Morgan fingerprint density at radius 1 is 1.44 bits per heavy atom. The molecule has 3 rings (SSSR count). The zero-order valence-electron chi connectivity index (χ0n) is 9.39. The van der Waals surface area contributed by atoms with Crippen LogP contribution in [0.4, 0.5) is 0 Å². The Kier molecular flexibility index (Phi) is 2.65. The fraction of sp³-hybridized carbons (Fsp3) is 0.818. The van der Waals surface area contributed by atoms with Crippen molar-refractivity contribution in [3.05, 3.63) is 11.6 Å². The fourth-order valence-electron chi connectivity index (χ4n) is 2.67. The molecule has 5 heteroatoms. The van der Waals surface area contributed by atoms with Crippen LogP contribution in [0.3, 0.4) is 0 Å². The van der Waals surface area contributed by atoms with Gasteiger partial charge >= 0.3 is 0 Å². The van der Waals surface area contributed by atoms with E-state index in [1.165, 1.54) is 0 Å². The fourth-order valence-corrected chi connectivity index (χ4v) is 2.67. The van der Waals surface area contributed by atoms with Crippen molar-refractivity contribution in [1.82, 2.24) is 20.1 Å². The SMILES string of the molecule is OCC1CCCc2nc(C3CCNC3)nn21. The molecule has 16 heavy (non-hydrogen) atoms. The number of nitrogens with one attached hydrogen (secondary N) is 1. The lowest BCUT2D eigenvalue weighted by Crippen LogP contribution is -2.22. The maximum Gasteiger partial charge on any atom is 0.155 e. The zero-order valence-corrected chi connectivity index (χ0v) is 9.39. The van der Waals surface area contributed by atoms with E-state index in [4.69, 9.17) is 0 Å². The molecule has 0 saturated carbocycles. The summed E-state index contributed by atoms with van der Waals surface area (Å²) in [5.41, 5.74) is 0. The Morgan fingerprint density at radius 2 is 2.38 bits per heavy atom. The van der Waals surface area contributed by atoms with Crippen molar-refractivity contribution in [3.8, 4) is 0 Å². The van der Waals surface area contributed by atoms with Crippen LogP contribution in [0, 0.1) is 0 Å². The number of aryl methyl sites for hydroxylation is 1. The summed E-state index contributed by atoms with van der Waals surface area (Å²) in [6.45, 7) is 2.24. The molecule has 3 heterocycles. The number of nitrogens with zero attached hydrogens (tertiary/aromatic N) is 3. The van der Waals surface area contributed by atoms with Crippen LogP contribution in [0.1, 0.15) is 42.9 Å². The van der Waals surface area contributed by atoms with E-state index in [2.05, 4.69) is 15.4 Å². The molecule has 5 nitrogen and oxygen atoms in total. The van der Waals surface area contributed by atoms with Crippen molar-refractivity contribution in [2.45, 2.75) is 37.6 Å². The van der Waals surface area contributed by atoms with E-state index >= 15 is 0 Å². The largest absolute Gasteiger partial charge is 0.394 e. The van der Waals surface area contributed by atoms with Gasteiger partial charge in [0.25, 0.3) is 0 Å². The lowest BCUT2D eigenvalue weighted by atomic mass is 10.1. The van der Waals surface area contributed by atoms with E-state index in [0.29, 0.717) is 5.92 Å². The minimum Gasteiger partial charge on any atom is -0.394 e. The topological polar surface area (TPSA) is 63.0 Å². The van der Waals surface area contributed by atoms with Crippen LogP contribution in [-0.2, 0) is 6.42 Å². The quantitative estimate of drug-likeness (QED) is 0.751. The number of aliphatic hydroxyl groups excluding tert-OH is 1. The number of aromatic nitrogens is 3. The minimum atomic E-state index is 0.152. The van der Waals surface area contributed by atoms with Gasteiger partial charge in [-0.1, -0.05) is 0 Å². The van der Waals surface area contributed by atoms with E-state index in [1.54, 1.807) is 0 Å². The molecule has 0 bridgehead atoms. The highest BCUT2D eigenvalue weighted by molar-refractivity contribution is 5.05. The summed E-state index contributed by atoms with van der Waals surface area (Å²) in [6.07, 6.45) is 4.28. The van der Waals surface area contributed by atoms with Gasteiger partial charge in [0, 0.05) is 18.9 Å². The van der Waals surface area contributed by atoms with E-state index in [-0.39, 0.29) is 12.6 Å². The predicted octanol–water partition coefficient (Wildman–Crippen LogP) is 0.225. The molecule has 2 aliphatic heterocycles. The molecule has 2 unspecified atom stereocenters. The second kappa shape index (κ2) is 4.14. The second-order valence-corrected chi connectivity index (χ2v) is 4.75. The van der Waals surface area contributed by atoms with Gasteiger partial charge in [-0.2, -0.15) is 5.10 Å². The van der Waals surface area contributed by atoms with Gasteiger partial charge in [-0.25, -0.2) is 9.67 Å². The summed E-state index contributed by atoms with van der Waals surface area (Å²) >= 11 is 0. The number of fused-ring (bicyclic) bond motifs is 1. The first kappa shape index (κ1) is 10.2. The molecule has 1 saturated heterocycles. The maximum absolute atomic E-state index is 9.31. The van der Waals surface area contributed by atoms with Crippen LogP contribution in [0.2, 0.25) is 0 Å². The average molecular weight is 222 g/mol. The molecule has 1 aromatic rings. The van der Waals surface area contributed by atoms with Crippen molar-refractivity contribution in [2.24, 2.45) is 0 Å². The van der Waals surface area contributed by atoms with Gasteiger partial charge in [0.2, 0.25) is 0 Å². The summed E-state index contributed by atoms with van der Waals surface area (Å²) in [5.74, 6) is 2.50. The van der Waals surface area contributed by atoms with Crippen molar-refractivity contribution in [1.29, 1.82) is 0 Å². The van der Waals surface area contributed by atoms with Gasteiger partial charge in [0.05, 0.1) is 12.6 Å². The van der Waals surface area contributed by atoms with Crippen LogP contribution < -0.4 is 5.32 Å². The molecular weight excluding hydrogens is 204 g/mol. The Hall–Kier alpha value is -0.940. The van der Waals surface area contributed by atoms with E-state index in [0.717, 1.165) is 50.4 Å². The molecule has 0 aliphatic carbocycles. The van der Waals surface area contributed by atoms with E-state index in [9.17, 15) is 5.11 Å². The average Bonchev–Trinajstić information content (AvgIpc) is 2.96. The van der Waals surface area contributed by atoms with Gasteiger partial charge in [-0.05, 0) is 25.8 Å². The summed E-state index contributed by atoms with van der Waals surface area (Å²) in [5, 5.41) is 17.2. The molecule has 88 valence electrons. The molecule has 0 radical (unpaired) electrons. The highest BCUT2D eigenvalue weighted by Gasteiger charge is 2.26. The molecule has 0 aromatic carbocycles. The van der Waals surface area contributed by atoms with Crippen LogP contribution in [0.25, 0.3) is 0 Å². The Morgan fingerprint density at radius 3 is 3.12 bits per heavy atom. The molecule has 1 fully saturated rings. The minimum absolute atomic E-state index is 0.152. The zero-order chi connectivity index (χ0) is 11.0. The third kappa shape index (κ3) is 1.64. The standard InChI is InChI=1S/C11H18N4O/c16-7-9-2-1-3-10-13-11(14-15(9)10)8-4-5-12-6-8/h8-9,12,16H,1-7H2. The molecular formula is C11H18N4O. The third-order valence-corrected chi connectivity index (χ3v) is 3.64. The molecule has 2 aliphatic rings. The number of aliphatic hydroxyl groups is 1. The lowest BCUT2D eigenvalue weighted by molar-refractivity contribution is 0.194. The highest BCUT2D eigenvalue weighted by Crippen LogP contribution is 2.26. The van der Waals surface area contributed by atoms with Crippen LogP contribution in [0.15, 0.2) is 0 Å². The van der Waals surface area contributed by atoms with Gasteiger partial charge in [-0.3, -0.25) is 0 Å². The Bertz CT molecular complexity index is 370. The van der Waals surface area contributed by atoms with Gasteiger partial charge in [0.15, 0.2) is 5.82 Å². The first-order valence-electron chi connectivity index (χ1n) is 6.15. The van der Waals surface area contributed by atoms with Gasteiger partial charge in [-0.15, -0.1) is 0 Å². The summed E-state index contributed by atoms with van der Waals surface area (Å²) in [6, 6.07) is 0.152. The predicted molar refractivity (Wildman–Crippen MR) is 59.3 cm³/mol. The van der Waals surface area contributed by atoms with Crippen molar-refractivity contribution in [3.63, 3.8) is 0 Å². The summed E-state index contributed by atoms with van der Waals surface area (Å²) in [4.78, 5) is 4.63. The van der Waals surface area contributed by atoms with Crippen LogP contribution >= 0.6 is 0 Å². The molecule has 2 atom stereocenters. The number of hydrogen-bond donors (Lipinski definition) is 2. The molecule has 0 spiro atoms. The van der Waals surface area contributed by atoms with E-state index < -0.39 is 0 Å². The van der Waals surface area contributed by atoms with Crippen LogP contribution in [-0.4, -0.2) is 39.6 Å². The molecule has 1 aromatic heterocycles. The van der Waals surface area contributed by atoms with Crippen LogP contribution in [0.5, 0.6) is 0 Å². The maximum atomic E-state index is 9.31. The summed E-state index contributed by atoms with van der Waals surface area (Å²) < 4.78 is 1.96. The van der Waals surface area contributed by atoms with Gasteiger partial charge in [0.1, 0.15) is 5.82 Å². The first-order valence-corrected chi connectivity index (χ1v) is 6.15. The summed E-state index contributed by atoms with van der Waals surface area (Å²) in [7, 11) is 0. The van der Waals surface area contributed by atoms with Crippen molar-refractivity contribution < 1.29 is 5.11 Å². The molecule has 2 N–H and O–H groups in total. The smallest absolute Gasteiger partial charge is 0.155 e. The lowest BCUT2D eigenvalue weighted by Gasteiger charge is -2.20. The highest BCUT2D eigenvalue weighted by atomic mass is 16.3. The normalized spacial score (nSPS) is 29.3. The van der Waals surface area contributed by atoms with E-state index in [1.807, 2.05) is 4.68 Å². The first-order chi connectivity index (χ1) is 7.88. The van der Waals surface area contributed by atoms with Gasteiger partial charge < -0.3 is 10.4 Å². The van der Waals surface area contributed by atoms with Crippen molar-refractivity contribution >= 4 is 0 Å². The Labute approximate surface area is 94.9 Å². The van der Waals surface area contributed by atoms with Crippen molar-refractivity contribution in [2.75, 3.05) is 19.7 Å². The third-order valence-electron chi connectivity index (χ3n) is 3.64.